The van der Waals surface area contributed by atoms with Crippen LogP contribution in [-0.2, 0) is 16.1 Å². The molecule has 1 saturated carbocycles. The fourth-order valence-corrected chi connectivity index (χ4v) is 4.62. The molecule has 32 heavy (non-hydrogen) atoms. The van der Waals surface area contributed by atoms with Gasteiger partial charge in [0.25, 0.3) is 0 Å². The molecule has 6 nitrogen and oxygen atoms in total. The van der Waals surface area contributed by atoms with Gasteiger partial charge in [0.05, 0.1) is 6.54 Å². The van der Waals surface area contributed by atoms with Crippen LogP contribution < -0.4 is 5.32 Å². The molecule has 0 atom stereocenters. The Morgan fingerprint density at radius 3 is 2.50 bits per heavy atom. The Labute approximate surface area is 188 Å². The molecule has 166 valence electrons. The summed E-state index contributed by atoms with van der Waals surface area (Å²) < 4.78 is 2.33. The first-order valence-electron chi connectivity index (χ1n) is 11.6. The van der Waals surface area contributed by atoms with Gasteiger partial charge in [0.15, 0.2) is 0 Å². The van der Waals surface area contributed by atoms with Gasteiger partial charge >= 0.3 is 0 Å². The van der Waals surface area contributed by atoms with Crippen molar-refractivity contribution < 1.29 is 9.59 Å². The Hall–Kier alpha value is -3.12. The molecule has 5 rings (SSSR count). The summed E-state index contributed by atoms with van der Waals surface area (Å²) in [7, 11) is 0. The highest BCUT2D eigenvalue weighted by Gasteiger charge is 2.25. The Morgan fingerprint density at radius 2 is 1.75 bits per heavy atom. The third kappa shape index (κ3) is 4.28. The highest BCUT2D eigenvalue weighted by Crippen LogP contribution is 2.30. The molecule has 0 unspecified atom stereocenters. The molecule has 1 aromatic heterocycles. The van der Waals surface area contributed by atoms with E-state index in [0.29, 0.717) is 25.7 Å². The summed E-state index contributed by atoms with van der Waals surface area (Å²) in [6.07, 6.45) is 5.80. The van der Waals surface area contributed by atoms with E-state index in [-0.39, 0.29) is 11.8 Å². The standard InChI is InChI=1S/C26H30N4O2/c1-2-30-23-6-4-3-5-21(23)22-17-19(7-11-24(22)30)8-12-26(32)29-15-13-28(14-16-29)18-25(31)27-20-9-10-20/h3-8,11-12,17,20H,2,9-10,13-16,18H2,1H3,(H,27,31)/b12-8+. The molecule has 2 fully saturated rings. The molecule has 1 aliphatic heterocycles. The number of para-hydroxylation sites is 1. The van der Waals surface area contributed by atoms with Crippen molar-refractivity contribution in [3.63, 3.8) is 0 Å². The van der Waals surface area contributed by atoms with Gasteiger partial charge in [-0.1, -0.05) is 24.3 Å². The second-order valence-corrected chi connectivity index (χ2v) is 8.81. The van der Waals surface area contributed by atoms with Gasteiger partial charge in [0, 0.05) is 66.6 Å². The molecule has 0 bridgehead atoms. The lowest BCUT2D eigenvalue weighted by atomic mass is 10.1. The number of rotatable bonds is 6. The first-order chi connectivity index (χ1) is 15.6. The van der Waals surface area contributed by atoms with E-state index in [9.17, 15) is 9.59 Å². The monoisotopic (exact) mass is 430 g/mol. The van der Waals surface area contributed by atoms with Crippen LogP contribution in [0.3, 0.4) is 0 Å². The van der Waals surface area contributed by atoms with Crippen molar-refractivity contribution in [2.45, 2.75) is 32.4 Å². The molecule has 3 aromatic rings. The molecular formula is C26H30N4O2. The number of nitrogens with one attached hydrogen (secondary N) is 1. The van der Waals surface area contributed by atoms with E-state index < -0.39 is 0 Å². The molecule has 2 aliphatic rings. The van der Waals surface area contributed by atoms with Gasteiger partial charge in [-0.05, 0) is 49.6 Å². The number of carbonyl (C=O) groups is 2. The summed E-state index contributed by atoms with van der Waals surface area (Å²) in [4.78, 5) is 28.7. The van der Waals surface area contributed by atoms with Crippen molar-refractivity contribution in [2.24, 2.45) is 0 Å². The fourth-order valence-electron chi connectivity index (χ4n) is 4.62. The lowest BCUT2D eigenvalue weighted by Gasteiger charge is -2.33. The number of piperazine rings is 1. The molecule has 2 aromatic carbocycles. The quantitative estimate of drug-likeness (QED) is 0.611. The largest absolute Gasteiger partial charge is 0.352 e. The van der Waals surface area contributed by atoms with Gasteiger partial charge in [-0.3, -0.25) is 14.5 Å². The van der Waals surface area contributed by atoms with E-state index in [2.05, 4.69) is 64.2 Å². The number of fused-ring (bicyclic) bond motifs is 3. The van der Waals surface area contributed by atoms with E-state index in [4.69, 9.17) is 0 Å². The normalized spacial score (nSPS) is 17.5. The first-order valence-corrected chi connectivity index (χ1v) is 11.6. The van der Waals surface area contributed by atoms with Crippen LogP contribution in [0.25, 0.3) is 27.9 Å². The second-order valence-electron chi connectivity index (χ2n) is 8.81. The number of benzene rings is 2. The maximum absolute atomic E-state index is 12.7. The van der Waals surface area contributed by atoms with Crippen molar-refractivity contribution in [1.29, 1.82) is 0 Å². The van der Waals surface area contributed by atoms with Gasteiger partial charge in [-0.25, -0.2) is 0 Å². The molecule has 1 aliphatic carbocycles. The lowest BCUT2D eigenvalue weighted by molar-refractivity contribution is -0.128. The van der Waals surface area contributed by atoms with Crippen molar-refractivity contribution >= 4 is 39.7 Å². The molecule has 2 amide bonds. The zero-order chi connectivity index (χ0) is 22.1. The predicted molar refractivity (Wildman–Crippen MR) is 128 cm³/mol. The van der Waals surface area contributed by atoms with Gasteiger partial charge in [0.1, 0.15) is 0 Å². The van der Waals surface area contributed by atoms with Crippen LogP contribution in [0.2, 0.25) is 0 Å². The van der Waals surface area contributed by atoms with Gasteiger partial charge in [0.2, 0.25) is 11.8 Å². The zero-order valence-electron chi connectivity index (χ0n) is 18.6. The van der Waals surface area contributed by atoms with E-state index in [1.807, 2.05) is 11.0 Å². The Balaban J connectivity index is 1.23. The minimum Gasteiger partial charge on any atom is -0.352 e. The number of carbonyl (C=O) groups excluding carboxylic acids is 2. The predicted octanol–water partition coefficient (Wildman–Crippen LogP) is 3.25. The molecule has 2 heterocycles. The summed E-state index contributed by atoms with van der Waals surface area (Å²) in [5.74, 6) is 0.134. The van der Waals surface area contributed by atoms with E-state index in [1.54, 1.807) is 6.08 Å². The Morgan fingerprint density at radius 1 is 1.00 bits per heavy atom. The summed E-state index contributed by atoms with van der Waals surface area (Å²) in [5, 5.41) is 5.49. The van der Waals surface area contributed by atoms with E-state index >= 15 is 0 Å². The third-order valence-corrected chi connectivity index (χ3v) is 6.52. The van der Waals surface area contributed by atoms with Gasteiger partial charge in [-0.2, -0.15) is 0 Å². The topological polar surface area (TPSA) is 57.6 Å². The summed E-state index contributed by atoms with van der Waals surface area (Å²) in [6, 6.07) is 15.3. The van der Waals surface area contributed by atoms with Gasteiger partial charge < -0.3 is 14.8 Å². The SMILES string of the molecule is CCn1c2ccccc2c2cc(/C=C/C(=O)N3CCN(CC(=O)NC4CC4)CC3)ccc21. The maximum atomic E-state index is 12.7. The third-order valence-electron chi connectivity index (χ3n) is 6.52. The van der Waals surface area contributed by atoms with Crippen LogP contribution in [0.5, 0.6) is 0 Å². The van der Waals surface area contributed by atoms with E-state index in [0.717, 1.165) is 38.0 Å². The average Bonchev–Trinajstić information content (AvgIpc) is 3.57. The number of hydrogen-bond donors (Lipinski definition) is 1. The zero-order valence-corrected chi connectivity index (χ0v) is 18.6. The van der Waals surface area contributed by atoms with Crippen molar-refractivity contribution in [1.82, 2.24) is 19.7 Å². The highest BCUT2D eigenvalue weighted by atomic mass is 16.2. The molecule has 0 radical (unpaired) electrons. The summed E-state index contributed by atoms with van der Waals surface area (Å²) >= 11 is 0. The minimum absolute atomic E-state index is 0.0307. The number of amides is 2. The van der Waals surface area contributed by atoms with Crippen molar-refractivity contribution in [3.8, 4) is 0 Å². The fraction of sp³-hybridized carbons (Fsp3) is 0.385. The Bertz CT molecular complexity index is 1180. The average molecular weight is 431 g/mol. The van der Waals surface area contributed by atoms with E-state index in [1.165, 1.54) is 21.8 Å². The van der Waals surface area contributed by atoms with Crippen LogP contribution in [0, 0.1) is 0 Å². The van der Waals surface area contributed by atoms with Crippen LogP contribution in [0.1, 0.15) is 25.3 Å². The van der Waals surface area contributed by atoms with Crippen LogP contribution in [0.4, 0.5) is 0 Å². The molecule has 1 N–H and O–H groups in total. The molecule has 0 spiro atoms. The Kier molecular flexibility index (Phi) is 5.70. The smallest absolute Gasteiger partial charge is 0.246 e. The van der Waals surface area contributed by atoms with Crippen LogP contribution >= 0.6 is 0 Å². The summed E-state index contributed by atoms with van der Waals surface area (Å²) in [6.45, 7) is 6.30. The lowest BCUT2D eigenvalue weighted by Crippen LogP contribution is -2.51. The van der Waals surface area contributed by atoms with Crippen LogP contribution in [0.15, 0.2) is 48.5 Å². The number of aryl methyl sites for hydroxylation is 1. The summed E-state index contributed by atoms with van der Waals surface area (Å²) in [5.41, 5.74) is 3.49. The minimum atomic E-state index is 0.0307. The number of nitrogens with zero attached hydrogens (tertiary/aromatic N) is 3. The molecule has 6 heteroatoms. The van der Waals surface area contributed by atoms with Crippen molar-refractivity contribution in [2.75, 3.05) is 32.7 Å². The van der Waals surface area contributed by atoms with Crippen LogP contribution in [-0.4, -0.2) is 64.9 Å². The number of aromatic nitrogens is 1. The van der Waals surface area contributed by atoms with Crippen molar-refractivity contribution in [3.05, 3.63) is 54.1 Å². The second kappa shape index (κ2) is 8.79. The molecule has 1 saturated heterocycles. The maximum Gasteiger partial charge on any atom is 0.246 e. The number of hydrogen-bond acceptors (Lipinski definition) is 3. The highest BCUT2D eigenvalue weighted by molar-refractivity contribution is 6.08. The molecular weight excluding hydrogens is 400 g/mol. The first kappa shape index (κ1) is 20.8. The van der Waals surface area contributed by atoms with Gasteiger partial charge in [-0.15, -0.1) is 0 Å².